The fourth-order valence-electron chi connectivity index (χ4n) is 6.46. The quantitative estimate of drug-likeness (QED) is 0.710. The molecule has 4 rings (SSSR count). The predicted octanol–water partition coefficient (Wildman–Crippen LogP) is 2.71. The lowest BCUT2D eigenvalue weighted by Gasteiger charge is -2.55. The molecule has 6 nitrogen and oxygen atoms in total. The van der Waals surface area contributed by atoms with E-state index < -0.39 is 18.3 Å². The third-order valence-electron chi connectivity index (χ3n) is 7.87. The van der Waals surface area contributed by atoms with Gasteiger partial charge in [-0.2, -0.15) is 13.2 Å². The summed E-state index contributed by atoms with van der Waals surface area (Å²) in [6.07, 6.45) is -0.0702. The molecule has 4 aliphatic rings. The van der Waals surface area contributed by atoms with E-state index >= 15 is 0 Å². The zero-order valence-electron chi connectivity index (χ0n) is 18.4. The number of carbonyl (C=O) groups is 2. The van der Waals surface area contributed by atoms with Crippen LogP contribution in [0.2, 0.25) is 0 Å². The average Bonchev–Trinajstić information content (AvgIpc) is 3.26. The molecular weight excluding hydrogens is 411 g/mol. The molecule has 176 valence electrons. The number of hydrogen-bond acceptors (Lipinski definition) is 4. The molecule has 1 N–H and O–H groups in total. The SMILES string of the molecule is CC(=O)N1C2CCC(C3CCNC(C(F)(F)F)C3)CC2N(C(=O)C2CCCO2)C[C@@H]1C. The fraction of sp³-hybridized carbons (Fsp3) is 0.909. The van der Waals surface area contributed by atoms with E-state index in [-0.39, 0.29) is 48.2 Å². The Hall–Kier alpha value is -1.35. The van der Waals surface area contributed by atoms with Crippen molar-refractivity contribution in [2.45, 2.75) is 95.2 Å². The maximum absolute atomic E-state index is 13.3. The maximum atomic E-state index is 13.3. The lowest BCUT2D eigenvalue weighted by Crippen LogP contribution is -2.68. The van der Waals surface area contributed by atoms with Crippen LogP contribution in [0.25, 0.3) is 0 Å². The Morgan fingerprint density at radius 3 is 2.42 bits per heavy atom. The molecule has 3 heterocycles. The highest BCUT2D eigenvalue weighted by atomic mass is 19.4. The maximum Gasteiger partial charge on any atom is 0.403 e. The average molecular weight is 446 g/mol. The van der Waals surface area contributed by atoms with Crippen molar-refractivity contribution in [3.63, 3.8) is 0 Å². The standard InChI is InChI=1S/C22H34F3N3O3/c1-13-12-27(21(30)19-4-3-9-31-19)18-10-15(5-6-17(18)28(13)14(2)29)16-7-8-26-20(11-16)22(23,24)25/h13,15-20,26H,3-12H2,1-2H3/t13-,15?,16?,17?,18?,19?,20?/m0/s1. The Kier molecular flexibility index (Phi) is 6.54. The Balaban J connectivity index is 1.53. The van der Waals surface area contributed by atoms with Gasteiger partial charge in [0, 0.05) is 26.1 Å². The molecule has 2 amide bonds. The smallest absolute Gasteiger partial charge is 0.368 e. The molecule has 0 aromatic heterocycles. The second-order valence-electron chi connectivity index (χ2n) is 9.81. The number of fused-ring (bicyclic) bond motifs is 1. The van der Waals surface area contributed by atoms with Gasteiger partial charge in [0.1, 0.15) is 12.1 Å². The summed E-state index contributed by atoms with van der Waals surface area (Å²) in [4.78, 5) is 29.5. The van der Waals surface area contributed by atoms with Crippen molar-refractivity contribution >= 4 is 11.8 Å². The van der Waals surface area contributed by atoms with Gasteiger partial charge in [-0.15, -0.1) is 0 Å². The van der Waals surface area contributed by atoms with Crippen LogP contribution < -0.4 is 5.32 Å². The van der Waals surface area contributed by atoms with E-state index in [1.807, 2.05) is 16.7 Å². The molecular formula is C22H34F3N3O3. The molecule has 31 heavy (non-hydrogen) atoms. The summed E-state index contributed by atoms with van der Waals surface area (Å²) in [5.74, 6) is 0.111. The predicted molar refractivity (Wildman–Crippen MR) is 108 cm³/mol. The van der Waals surface area contributed by atoms with Crippen LogP contribution in [0, 0.1) is 11.8 Å². The second-order valence-corrected chi connectivity index (χ2v) is 9.81. The van der Waals surface area contributed by atoms with Crippen molar-refractivity contribution < 1.29 is 27.5 Å². The number of piperazine rings is 1. The van der Waals surface area contributed by atoms with Crippen LogP contribution in [0.3, 0.4) is 0 Å². The Morgan fingerprint density at radius 1 is 1.03 bits per heavy atom. The van der Waals surface area contributed by atoms with Crippen LogP contribution >= 0.6 is 0 Å². The van der Waals surface area contributed by atoms with Gasteiger partial charge in [0.05, 0.1) is 12.1 Å². The number of hydrogen-bond donors (Lipinski definition) is 1. The van der Waals surface area contributed by atoms with E-state index in [1.165, 1.54) is 0 Å². The number of ether oxygens (including phenoxy) is 1. The molecule has 0 bridgehead atoms. The van der Waals surface area contributed by atoms with Gasteiger partial charge < -0.3 is 19.9 Å². The number of nitrogens with one attached hydrogen (secondary N) is 1. The summed E-state index contributed by atoms with van der Waals surface area (Å²) in [7, 11) is 0. The molecule has 9 heteroatoms. The molecule has 0 aromatic carbocycles. The zero-order chi connectivity index (χ0) is 22.3. The van der Waals surface area contributed by atoms with Crippen molar-refractivity contribution in [2.24, 2.45) is 11.8 Å². The van der Waals surface area contributed by atoms with Crippen LogP contribution in [0.15, 0.2) is 0 Å². The van der Waals surface area contributed by atoms with Gasteiger partial charge in [-0.3, -0.25) is 9.59 Å². The Bertz CT molecular complexity index is 683. The molecule has 1 aliphatic carbocycles. The van der Waals surface area contributed by atoms with Gasteiger partial charge in [-0.1, -0.05) is 0 Å². The topological polar surface area (TPSA) is 61.9 Å². The molecule has 0 radical (unpaired) electrons. The van der Waals surface area contributed by atoms with E-state index in [9.17, 15) is 22.8 Å². The van der Waals surface area contributed by atoms with Gasteiger partial charge in [0.25, 0.3) is 5.91 Å². The van der Waals surface area contributed by atoms with Crippen LogP contribution in [0.1, 0.15) is 58.8 Å². The number of alkyl halides is 3. The monoisotopic (exact) mass is 445 g/mol. The van der Waals surface area contributed by atoms with Crippen LogP contribution in [0.4, 0.5) is 13.2 Å². The molecule has 0 spiro atoms. The summed E-state index contributed by atoms with van der Waals surface area (Å²) >= 11 is 0. The highest BCUT2D eigenvalue weighted by Crippen LogP contribution is 2.43. The lowest BCUT2D eigenvalue weighted by atomic mass is 9.70. The highest BCUT2D eigenvalue weighted by molar-refractivity contribution is 5.82. The Morgan fingerprint density at radius 2 is 1.77 bits per heavy atom. The number of amides is 2. The molecule has 3 aliphatic heterocycles. The van der Waals surface area contributed by atoms with Gasteiger partial charge in [0.15, 0.2) is 0 Å². The van der Waals surface area contributed by atoms with Crippen LogP contribution in [0.5, 0.6) is 0 Å². The summed E-state index contributed by atoms with van der Waals surface area (Å²) in [6, 6.07) is -1.74. The second kappa shape index (κ2) is 8.89. The van der Waals surface area contributed by atoms with Gasteiger partial charge in [0.2, 0.25) is 5.91 Å². The minimum Gasteiger partial charge on any atom is -0.368 e. The summed E-state index contributed by atoms with van der Waals surface area (Å²) in [5.41, 5.74) is 0. The molecule has 6 unspecified atom stereocenters. The number of rotatable bonds is 2. The third kappa shape index (κ3) is 4.58. The summed E-state index contributed by atoms with van der Waals surface area (Å²) in [5, 5.41) is 2.62. The largest absolute Gasteiger partial charge is 0.403 e. The first kappa shape index (κ1) is 22.8. The van der Waals surface area contributed by atoms with Crippen molar-refractivity contribution in [3.8, 4) is 0 Å². The first-order valence-electron chi connectivity index (χ1n) is 11.7. The van der Waals surface area contributed by atoms with Crippen LogP contribution in [-0.2, 0) is 14.3 Å². The van der Waals surface area contributed by atoms with E-state index in [4.69, 9.17) is 4.74 Å². The van der Waals surface area contributed by atoms with Crippen molar-refractivity contribution in [1.82, 2.24) is 15.1 Å². The number of carbonyl (C=O) groups excluding carboxylic acids is 2. The molecule has 4 fully saturated rings. The minimum absolute atomic E-state index is 0.00386. The van der Waals surface area contributed by atoms with Gasteiger partial charge in [-0.25, -0.2) is 0 Å². The van der Waals surface area contributed by atoms with Gasteiger partial charge in [-0.05, 0) is 70.3 Å². The lowest BCUT2D eigenvalue weighted by molar-refractivity contribution is -0.168. The minimum atomic E-state index is -4.23. The summed E-state index contributed by atoms with van der Waals surface area (Å²) in [6.45, 7) is 4.96. The first-order chi connectivity index (χ1) is 14.7. The van der Waals surface area contributed by atoms with Crippen molar-refractivity contribution in [1.29, 1.82) is 0 Å². The molecule has 0 aromatic rings. The molecule has 1 saturated carbocycles. The summed E-state index contributed by atoms with van der Waals surface area (Å²) < 4.78 is 45.5. The van der Waals surface area contributed by atoms with Crippen molar-refractivity contribution in [2.75, 3.05) is 19.7 Å². The number of nitrogens with zero attached hydrogens (tertiary/aromatic N) is 2. The number of piperidine rings is 1. The third-order valence-corrected chi connectivity index (χ3v) is 7.87. The molecule has 7 atom stereocenters. The van der Waals surface area contributed by atoms with E-state index in [1.54, 1.807) is 6.92 Å². The van der Waals surface area contributed by atoms with Crippen molar-refractivity contribution in [3.05, 3.63) is 0 Å². The normalized spacial score (nSPS) is 39.3. The Labute approximate surface area is 181 Å². The van der Waals surface area contributed by atoms with E-state index in [0.29, 0.717) is 32.5 Å². The number of halogens is 3. The van der Waals surface area contributed by atoms with E-state index in [2.05, 4.69) is 5.32 Å². The highest BCUT2D eigenvalue weighted by Gasteiger charge is 2.50. The zero-order valence-corrected chi connectivity index (χ0v) is 18.4. The fourth-order valence-corrected chi connectivity index (χ4v) is 6.46. The van der Waals surface area contributed by atoms with Gasteiger partial charge >= 0.3 is 6.18 Å². The van der Waals surface area contributed by atoms with Crippen LogP contribution in [-0.4, -0.2) is 77.8 Å². The molecule has 3 saturated heterocycles. The van der Waals surface area contributed by atoms with E-state index in [0.717, 1.165) is 25.7 Å². The first-order valence-corrected chi connectivity index (χ1v) is 11.7.